The second-order valence-electron chi connectivity index (χ2n) is 6.90. The van der Waals surface area contributed by atoms with E-state index in [9.17, 15) is 30.7 Å². The number of hydrogen-bond acceptors (Lipinski definition) is 1. The fourth-order valence-electron chi connectivity index (χ4n) is 3.08. The van der Waals surface area contributed by atoms with Crippen molar-refractivity contribution in [2.75, 3.05) is 0 Å². The first-order chi connectivity index (χ1) is 14.5. The maximum absolute atomic E-state index is 14.6. The molecule has 164 valence electrons. The van der Waals surface area contributed by atoms with Crippen LogP contribution in [-0.4, -0.2) is 0 Å². The zero-order valence-corrected chi connectivity index (χ0v) is 17.1. The first kappa shape index (κ1) is 23.2. The molecule has 0 heterocycles. The van der Waals surface area contributed by atoms with Gasteiger partial charge in [0, 0.05) is 4.90 Å². The van der Waals surface area contributed by atoms with Gasteiger partial charge in [0.05, 0.1) is 11.1 Å². The quantitative estimate of drug-likeness (QED) is 0.264. The Labute approximate surface area is 179 Å². The number of alkyl halides is 5. The smallest absolute Gasteiger partial charge is 0.206 e. The summed E-state index contributed by atoms with van der Waals surface area (Å²) in [5, 5.41) is -3.82. The molecule has 0 aromatic heterocycles. The van der Waals surface area contributed by atoms with Gasteiger partial charge in [0.25, 0.3) is 0 Å². The maximum Gasteiger partial charge on any atom is 0.419 e. The number of hydrogen-bond donors (Lipinski definition) is 0. The molecule has 0 saturated heterocycles. The van der Waals surface area contributed by atoms with E-state index >= 15 is 0 Å². The Bertz CT molecular complexity index is 1060. The van der Waals surface area contributed by atoms with E-state index in [0.717, 1.165) is 36.6 Å². The average Bonchev–Trinajstić information content (AvgIpc) is 2.67. The minimum atomic E-state index is -4.94. The molecule has 31 heavy (non-hydrogen) atoms. The van der Waals surface area contributed by atoms with Crippen molar-refractivity contribution in [3.8, 4) is 11.1 Å². The minimum Gasteiger partial charge on any atom is -0.206 e. The number of aryl methyl sites for hydroxylation is 1. The summed E-state index contributed by atoms with van der Waals surface area (Å²) in [4.78, 5) is -0.453. The number of rotatable bonds is 6. The van der Waals surface area contributed by atoms with Gasteiger partial charge in [-0.05, 0) is 65.2 Å². The van der Waals surface area contributed by atoms with Crippen LogP contribution in [0.2, 0.25) is 0 Å². The number of benzene rings is 3. The van der Waals surface area contributed by atoms with Crippen molar-refractivity contribution in [3.05, 3.63) is 89.0 Å². The zero-order chi connectivity index (χ0) is 22.8. The van der Waals surface area contributed by atoms with E-state index in [2.05, 4.69) is 0 Å². The molecule has 0 amide bonds. The summed E-state index contributed by atoms with van der Waals surface area (Å²) < 4.78 is 95.3. The lowest BCUT2D eigenvalue weighted by Crippen LogP contribution is -2.11. The lowest BCUT2D eigenvalue weighted by Gasteiger charge is -2.18. The molecule has 0 atom stereocenters. The Morgan fingerprint density at radius 3 is 1.84 bits per heavy atom. The molecular weight excluding hydrogens is 441 g/mol. The Hall–Kier alpha value is -2.48. The van der Waals surface area contributed by atoms with Gasteiger partial charge < -0.3 is 0 Å². The summed E-state index contributed by atoms with van der Waals surface area (Å²) in [7, 11) is 0. The molecule has 0 bridgehead atoms. The first-order valence-corrected chi connectivity index (χ1v) is 10.2. The van der Waals surface area contributed by atoms with Crippen LogP contribution in [0.25, 0.3) is 11.1 Å². The highest BCUT2D eigenvalue weighted by molar-refractivity contribution is 8.00. The van der Waals surface area contributed by atoms with Crippen LogP contribution in [0.1, 0.15) is 30.0 Å². The Morgan fingerprint density at radius 1 is 0.710 bits per heavy atom. The van der Waals surface area contributed by atoms with Crippen LogP contribution in [0.15, 0.2) is 65.6 Å². The van der Waals surface area contributed by atoms with Crippen LogP contribution in [0, 0.1) is 11.6 Å². The van der Waals surface area contributed by atoms with Crippen LogP contribution in [0.3, 0.4) is 0 Å². The lowest BCUT2D eigenvalue weighted by atomic mass is 10.0. The summed E-state index contributed by atoms with van der Waals surface area (Å²) in [6.07, 6.45) is -3.08. The van der Waals surface area contributed by atoms with Crippen molar-refractivity contribution >= 4 is 11.8 Å². The largest absolute Gasteiger partial charge is 0.419 e. The number of thioether (sulfide) groups is 1. The molecule has 3 rings (SSSR count). The zero-order valence-electron chi connectivity index (χ0n) is 16.2. The normalized spacial score (nSPS) is 12.3. The third-order valence-corrected chi connectivity index (χ3v) is 5.57. The van der Waals surface area contributed by atoms with E-state index in [4.69, 9.17) is 0 Å². The summed E-state index contributed by atoms with van der Waals surface area (Å²) in [6, 6.07) is 12.0. The second-order valence-corrected chi connectivity index (χ2v) is 8.09. The summed E-state index contributed by atoms with van der Waals surface area (Å²) in [6.45, 7) is 2.04. The molecule has 0 N–H and O–H groups in total. The SMILES string of the molecule is CCCc1ccc(-c2ccc(C(F)(F)Sc3ccc(C(F)(F)F)c(F)c3)c(F)c2)cc1. The third-order valence-electron chi connectivity index (χ3n) is 4.60. The van der Waals surface area contributed by atoms with E-state index < -0.39 is 39.1 Å². The Kier molecular flexibility index (Phi) is 6.69. The number of halogens is 7. The molecule has 8 heteroatoms. The van der Waals surface area contributed by atoms with Crippen molar-refractivity contribution in [2.24, 2.45) is 0 Å². The van der Waals surface area contributed by atoms with E-state index in [1.54, 1.807) is 12.1 Å². The highest BCUT2D eigenvalue weighted by atomic mass is 32.2. The van der Waals surface area contributed by atoms with E-state index in [-0.39, 0.29) is 11.8 Å². The molecule has 3 aromatic carbocycles. The van der Waals surface area contributed by atoms with Crippen molar-refractivity contribution in [1.29, 1.82) is 0 Å². The predicted octanol–water partition coefficient (Wildman–Crippen LogP) is 8.44. The molecule has 0 nitrogen and oxygen atoms in total. The third kappa shape index (κ3) is 5.42. The van der Waals surface area contributed by atoms with Gasteiger partial charge in [-0.1, -0.05) is 43.7 Å². The molecule has 0 aliphatic carbocycles. The van der Waals surface area contributed by atoms with E-state index in [1.165, 1.54) is 6.07 Å². The summed E-state index contributed by atoms with van der Waals surface area (Å²) in [5.41, 5.74) is -0.323. The molecule has 0 fully saturated rings. The van der Waals surface area contributed by atoms with Crippen molar-refractivity contribution in [2.45, 2.75) is 36.1 Å². The fraction of sp³-hybridized carbons (Fsp3) is 0.217. The van der Waals surface area contributed by atoms with Crippen LogP contribution >= 0.6 is 11.8 Å². The molecule has 0 unspecified atom stereocenters. The highest BCUT2D eigenvalue weighted by Gasteiger charge is 2.38. The van der Waals surface area contributed by atoms with Gasteiger partial charge in [-0.25, -0.2) is 8.78 Å². The minimum absolute atomic E-state index is 0.225. The molecule has 0 saturated carbocycles. The van der Waals surface area contributed by atoms with E-state index in [1.807, 2.05) is 19.1 Å². The van der Waals surface area contributed by atoms with Crippen LogP contribution in [-0.2, 0) is 17.9 Å². The molecule has 3 aromatic rings. The van der Waals surface area contributed by atoms with Gasteiger partial charge in [0.2, 0.25) is 0 Å². The van der Waals surface area contributed by atoms with Gasteiger partial charge >= 0.3 is 11.4 Å². The molecular formula is C23H17F7S. The van der Waals surface area contributed by atoms with Crippen molar-refractivity contribution < 1.29 is 30.7 Å². The lowest BCUT2D eigenvalue weighted by molar-refractivity contribution is -0.140. The highest BCUT2D eigenvalue weighted by Crippen LogP contribution is 2.46. The second kappa shape index (κ2) is 8.94. The Morgan fingerprint density at radius 2 is 1.29 bits per heavy atom. The van der Waals surface area contributed by atoms with Crippen LogP contribution in [0.4, 0.5) is 30.7 Å². The summed E-state index contributed by atoms with van der Waals surface area (Å²) in [5.74, 6) is -2.84. The van der Waals surface area contributed by atoms with Gasteiger partial charge in [0.15, 0.2) is 0 Å². The average molecular weight is 458 g/mol. The van der Waals surface area contributed by atoms with Gasteiger partial charge in [-0.2, -0.15) is 22.0 Å². The van der Waals surface area contributed by atoms with Crippen LogP contribution in [0.5, 0.6) is 0 Å². The van der Waals surface area contributed by atoms with Crippen molar-refractivity contribution in [3.63, 3.8) is 0 Å². The van der Waals surface area contributed by atoms with Gasteiger partial charge in [0.1, 0.15) is 11.6 Å². The molecule has 0 spiro atoms. The fourth-order valence-corrected chi connectivity index (χ4v) is 3.95. The molecule has 0 aliphatic rings. The standard InChI is InChI=1S/C23H17F7S/c1-2-3-14-4-6-15(7-5-14)16-8-10-19(20(24)12-16)23(29,30)31-17-9-11-18(21(25)13-17)22(26,27)28/h4-13H,2-3H2,1H3. The summed E-state index contributed by atoms with van der Waals surface area (Å²) >= 11 is -0.225. The van der Waals surface area contributed by atoms with Crippen LogP contribution < -0.4 is 0 Å². The molecule has 0 aliphatic heterocycles. The van der Waals surface area contributed by atoms with Gasteiger partial charge in [-0.3, -0.25) is 0 Å². The van der Waals surface area contributed by atoms with Crippen molar-refractivity contribution in [1.82, 2.24) is 0 Å². The van der Waals surface area contributed by atoms with Gasteiger partial charge in [-0.15, -0.1) is 0 Å². The first-order valence-electron chi connectivity index (χ1n) is 9.34. The van der Waals surface area contributed by atoms with E-state index in [0.29, 0.717) is 23.3 Å². The monoisotopic (exact) mass is 458 g/mol. The molecule has 0 radical (unpaired) electrons. The topological polar surface area (TPSA) is 0 Å². The predicted molar refractivity (Wildman–Crippen MR) is 107 cm³/mol. The maximum atomic E-state index is 14.6. The Balaban J connectivity index is 1.84.